The summed E-state index contributed by atoms with van der Waals surface area (Å²) in [4.78, 5) is 39.9. The molecule has 1 aromatic rings. The Morgan fingerprint density at radius 1 is 1.45 bits per heavy atom. The van der Waals surface area contributed by atoms with Crippen LogP contribution in [-0.2, 0) is 4.79 Å². The van der Waals surface area contributed by atoms with Gasteiger partial charge in [0.25, 0.3) is 5.91 Å². The Labute approximate surface area is 124 Å². The molecule has 0 bridgehead atoms. The number of nitrogens with one attached hydrogen (secondary N) is 1. The van der Waals surface area contributed by atoms with Crippen molar-refractivity contribution >= 4 is 23.5 Å². The second-order valence-corrected chi connectivity index (χ2v) is 5.12. The highest BCUT2D eigenvalue weighted by Crippen LogP contribution is 2.30. The molecule has 1 aromatic carbocycles. The highest BCUT2D eigenvalue weighted by Gasteiger charge is 2.42. The van der Waals surface area contributed by atoms with E-state index >= 15 is 0 Å². The molecule has 0 radical (unpaired) electrons. The van der Waals surface area contributed by atoms with Gasteiger partial charge in [0.05, 0.1) is 22.9 Å². The normalized spacial score (nSPS) is 23.0. The Balaban J connectivity index is 2.03. The fourth-order valence-electron chi connectivity index (χ4n) is 2.78. The van der Waals surface area contributed by atoms with Gasteiger partial charge in [-0.05, 0) is 30.2 Å². The zero-order chi connectivity index (χ0) is 15.9. The number of carboxylic acid groups (broad SMARTS) is 1. The summed E-state index contributed by atoms with van der Waals surface area (Å²) in [6.45, 7) is 0.137. The first-order valence-corrected chi connectivity index (χ1v) is 6.54. The number of aromatic carboxylic acids is 1. The molecule has 2 aliphatic rings. The van der Waals surface area contributed by atoms with Crippen molar-refractivity contribution < 1.29 is 19.5 Å². The maximum Gasteiger partial charge on any atom is 0.335 e. The Kier molecular flexibility index (Phi) is 3.19. The average molecular weight is 301 g/mol. The van der Waals surface area contributed by atoms with Crippen LogP contribution in [-0.4, -0.2) is 46.4 Å². The first-order chi connectivity index (χ1) is 10.5. The largest absolute Gasteiger partial charge is 0.478 e. The predicted molar refractivity (Wildman–Crippen MR) is 74.4 cm³/mol. The first kappa shape index (κ1) is 13.9. The van der Waals surface area contributed by atoms with Crippen molar-refractivity contribution in [2.45, 2.75) is 18.5 Å². The minimum atomic E-state index is -1.16. The van der Waals surface area contributed by atoms with Crippen LogP contribution in [0.1, 0.15) is 27.1 Å². The third kappa shape index (κ3) is 2.13. The van der Waals surface area contributed by atoms with Crippen LogP contribution in [0.5, 0.6) is 0 Å². The topological polar surface area (TPSA) is 135 Å². The number of carboxylic acids is 1. The average Bonchev–Trinajstić information content (AvgIpc) is 2.87. The Morgan fingerprint density at radius 3 is 2.91 bits per heavy atom. The molecule has 0 unspecified atom stereocenters. The van der Waals surface area contributed by atoms with E-state index in [1.165, 1.54) is 23.1 Å². The molecule has 3 rings (SSSR count). The molecule has 2 heterocycles. The van der Waals surface area contributed by atoms with Crippen LogP contribution in [0.4, 0.5) is 5.69 Å². The SMILES string of the molecule is [N-]=[N+]=N[C@H]1C[C@H]2C(=O)Nc3ccc(C(=O)O)cc3C(=O)N2C1. The van der Waals surface area contributed by atoms with Crippen molar-refractivity contribution in [1.29, 1.82) is 0 Å². The molecule has 0 spiro atoms. The van der Waals surface area contributed by atoms with Crippen molar-refractivity contribution in [2.24, 2.45) is 5.11 Å². The standard InChI is InChI=1S/C13H11N5O4/c14-17-16-7-4-10-11(19)15-9-2-1-6(13(21)22)3-8(9)12(20)18(10)5-7/h1-3,7,10H,4-5H2,(H,15,19)(H,21,22)/t7-,10-/m0/s1. The van der Waals surface area contributed by atoms with Gasteiger partial charge >= 0.3 is 5.97 Å². The highest BCUT2D eigenvalue weighted by molar-refractivity contribution is 6.11. The number of hydrogen-bond acceptors (Lipinski definition) is 4. The van der Waals surface area contributed by atoms with E-state index in [-0.39, 0.29) is 35.7 Å². The summed E-state index contributed by atoms with van der Waals surface area (Å²) >= 11 is 0. The molecule has 1 fully saturated rings. The molecule has 2 aliphatic heterocycles. The van der Waals surface area contributed by atoms with Gasteiger partial charge in [-0.2, -0.15) is 0 Å². The van der Waals surface area contributed by atoms with E-state index in [4.69, 9.17) is 10.6 Å². The van der Waals surface area contributed by atoms with Crippen molar-refractivity contribution in [3.8, 4) is 0 Å². The van der Waals surface area contributed by atoms with Gasteiger partial charge in [-0.25, -0.2) is 4.79 Å². The summed E-state index contributed by atoms with van der Waals surface area (Å²) in [6, 6.07) is 2.79. The highest BCUT2D eigenvalue weighted by atomic mass is 16.4. The van der Waals surface area contributed by atoms with Crippen LogP contribution in [0.25, 0.3) is 10.4 Å². The fraction of sp³-hybridized carbons (Fsp3) is 0.308. The van der Waals surface area contributed by atoms with Gasteiger partial charge < -0.3 is 15.3 Å². The molecule has 0 aromatic heterocycles. The van der Waals surface area contributed by atoms with Crippen LogP contribution in [0.15, 0.2) is 23.3 Å². The Bertz CT molecular complexity index is 740. The van der Waals surface area contributed by atoms with E-state index in [2.05, 4.69) is 15.3 Å². The zero-order valence-electron chi connectivity index (χ0n) is 11.3. The lowest BCUT2D eigenvalue weighted by molar-refractivity contribution is -0.119. The Morgan fingerprint density at radius 2 is 2.23 bits per heavy atom. The third-order valence-electron chi connectivity index (χ3n) is 3.81. The molecule has 9 nitrogen and oxygen atoms in total. The van der Waals surface area contributed by atoms with Gasteiger partial charge in [-0.3, -0.25) is 9.59 Å². The number of hydrogen-bond donors (Lipinski definition) is 2. The number of amides is 2. The van der Waals surface area contributed by atoms with E-state index in [0.29, 0.717) is 0 Å². The van der Waals surface area contributed by atoms with Gasteiger partial charge in [-0.15, -0.1) is 0 Å². The summed E-state index contributed by atoms with van der Waals surface area (Å²) in [7, 11) is 0. The van der Waals surface area contributed by atoms with E-state index in [1.807, 2.05) is 0 Å². The van der Waals surface area contributed by atoms with E-state index in [9.17, 15) is 14.4 Å². The maximum atomic E-state index is 12.6. The van der Waals surface area contributed by atoms with Crippen LogP contribution < -0.4 is 5.32 Å². The van der Waals surface area contributed by atoms with Crippen molar-refractivity contribution in [3.05, 3.63) is 39.8 Å². The molecule has 112 valence electrons. The van der Waals surface area contributed by atoms with Gasteiger partial charge in [0.15, 0.2) is 0 Å². The van der Waals surface area contributed by atoms with E-state index in [0.717, 1.165) is 0 Å². The second kappa shape index (κ2) is 5.05. The molecule has 0 saturated carbocycles. The third-order valence-corrected chi connectivity index (χ3v) is 3.81. The number of nitrogens with zero attached hydrogens (tertiary/aromatic N) is 4. The number of carbonyl (C=O) groups excluding carboxylic acids is 2. The summed E-state index contributed by atoms with van der Waals surface area (Å²) in [5.41, 5.74) is 8.86. The molecule has 9 heteroatoms. The van der Waals surface area contributed by atoms with E-state index in [1.54, 1.807) is 0 Å². The molecule has 22 heavy (non-hydrogen) atoms. The minimum Gasteiger partial charge on any atom is -0.478 e. The zero-order valence-corrected chi connectivity index (χ0v) is 11.3. The summed E-state index contributed by atoms with van der Waals surface area (Å²) in [6.07, 6.45) is 0.251. The van der Waals surface area contributed by atoms with Gasteiger partial charge in [0, 0.05) is 11.5 Å². The van der Waals surface area contributed by atoms with E-state index < -0.39 is 24.0 Å². The first-order valence-electron chi connectivity index (χ1n) is 6.54. The van der Waals surface area contributed by atoms with Crippen molar-refractivity contribution in [2.75, 3.05) is 11.9 Å². The molecular formula is C13H11N5O4. The van der Waals surface area contributed by atoms with Crippen molar-refractivity contribution in [3.63, 3.8) is 0 Å². The molecule has 2 atom stereocenters. The number of carbonyl (C=O) groups is 3. The van der Waals surface area contributed by atoms with Crippen LogP contribution in [0.3, 0.4) is 0 Å². The molecule has 0 aliphatic carbocycles. The summed E-state index contributed by atoms with van der Waals surface area (Å²) in [5, 5.41) is 15.2. The fourth-order valence-corrected chi connectivity index (χ4v) is 2.78. The molecular weight excluding hydrogens is 290 g/mol. The minimum absolute atomic E-state index is 0.0365. The number of anilines is 1. The van der Waals surface area contributed by atoms with Gasteiger partial charge in [0.2, 0.25) is 5.91 Å². The lowest BCUT2D eigenvalue weighted by Crippen LogP contribution is -2.40. The smallest absolute Gasteiger partial charge is 0.335 e. The number of benzene rings is 1. The number of azide groups is 1. The quantitative estimate of drug-likeness (QED) is 0.482. The van der Waals surface area contributed by atoms with Crippen LogP contribution in [0, 0.1) is 0 Å². The Hall–Kier alpha value is -3.06. The molecule has 1 saturated heterocycles. The summed E-state index contributed by atoms with van der Waals surface area (Å²) in [5.74, 6) is -1.97. The lowest BCUT2D eigenvalue weighted by Gasteiger charge is -2.20. The predicted octanol–water partition coefficient (Wildman–Crippen LogP) is 1.23. The molecule has 2 N–H and O–H groups in total. The summed E-state index contributed by atoms with van der Waals surface area (Å²) < 4.78 is 0. The van der Waals surface area contributed by atoms with Crippen LogP contribution in [0.2, 0.25) is 0 Å². The van der Waals surface area contributed by atoms with Crippen LogP contribution >= 0.6 is 0 Å². The number of fused-ring (bicyclic) bond motifs is 2. The van der Waals surface area contributed by atoms with Gasteiger partial charge in [-0.1, -0.05) is 5.11 Å². The van der Waals surface area contributed by atoms with Gasteiger partial charge in [0.1, 0.15) is 6.04 Å². The second-order valence-electron chi connectivity index (χ2n) is 5.12. The maximum absolute atomic E-state index is 12.6. The lowest BCUT2D eigenvalue weighted by atomic mass is 10.1. The monoisotopic (exact) mass is 301 g/mol. The molecule has 2 amide bonds. The van der Waals surface area contributed by atoms with Crippen molar-refractivity contribution in [1.82, 2.24) is 4.90 Å². The number of rotatable bonds is 2.